The first kappa shape index (κ1) is 10.5. The van der Waals surface area contributed by atoms with Crippen molar-refractivity contribution in [2.75, 3.05) is 5.75 Å². The Kier molecular flexibility index (Phi) is 3.75. The lowest BCUT2D eigenvalue weighted by molar-refractivity contribution is 0.198. The normalized spacial score (nSPS) is 12.9. The van der Waals surface area contributed by atoms with E-state index in [0.29, 0.717) is 10.5 Å². The molecular weight excluding hydrogens is 187 g/mol. The van der Waals surface area contributed by atoms with Crippen LogP contribution in [0.4, 0.5) is 4.39 Å². The lowest BCUT2D eigenvalue weighted by Gasteiger charge is -2.06. The summed E-state index contributed by atoms with van der Waals surface area (Å²) in [4.78, 5) is 0.645. The summed E-state index contributed by atoms with van der Waals surface area (Å²) in [6.45, 7) is 3.61. The molecule has 0 unspecified atom stereocenters. The quantitative estimate of drug-likeness (QED) is 0.757. The Morgan fingerprint density at radius 1 is 1.54 bits per heavy atom. The molecule has 1 atom stereocenters. The fourth-order valence-electron chi connectivity index (χ4n) is 1.05. The summed E-state index contributed by atoms with van der Waals surface area (Å²) in [6, 6.07) is 4.86. The number of hydrogen-bond donors (Lipinski definition) is 1. The molecule has 13 heavy (non-hydrogen) atoms. The summed E-state index contributed by atoms with van der Waals surface area (Å²) in [6.07, 6.45) is -0.602. The Morgan fingerprint density at radius 2 is 2.23 bits per heavy atom. The van der Waals surface area contributed by atoms with Crippen LogP contribution in [0.15, 0.2) is 23.1 Å². The first-order chi connectivity index (χ1) is 6.15. The van der Waals surface area contributed by atoms with Gasteiger partial charge < -0.3 is 5.11 Å². The molecule has 1 aromatic carbocycles. The molecule has 0 aromatic heterocycles. The SMILES string of the molecule is CCSc1ccc([C@@H](C)O)cc1F. The number of aliphatic hydroxyl groups excluding tert-OH is 1. The fourth-order valence-corrected chi connectivity index (χ4v) is 1.72. The standard InChI is InChI=1S/C10H13FOS/c1-3-13-10-5-4-8(7(2)12)6-9(10)11/h4-7,12H,3H2,1-2H3/t7-/m1/s1. The van der Waals surface area contributed by atoms with E-state index in [-0.39, 0.29) is 5.82 Å². The van der Waals surface area contributed by atoms with Gasteiger partial charge in [-0.05, 0) is 30.4 Å². The molecule has 0 aliphatic rings. The van der Waals surface area contributed by atoms with Crippen molar-refractivity contribution >= 4 is 11.8 Å². The van der Waals surface area contributed by atoms with E-state index in [0.717, 1.165) is 5.75 Å². The van der Waals surface area contributed by atoms with E-state index in [2.05, 4.69) is 0 Å². The van der Waals surface area contributed by atoms with Crippen LogP contribution < -0.4 is 0 Å². The highest BCUT2D eigenvalue weighted by molar-refractivity contribution is 7.99. The van der Waals surface area contributed by atoms with E-state index < -0.39 is 6.10 Å². The number of rotatable bonds is 3. The number of aliphatic hydroxyl groups is 1. The van der Waals surface area contributed by atoms with Gasteiger partial charge in [-0.25, -0.2) is 4.39 Å². The predicted molar refractivity (Wildman–Crippen MR) is 53.4 cm³/mol. The van der Waals surface area contributed by atoms with Crippen molar-refractivity contribution in [1.29, 1.82) is 0 Å². The molecule has 1 nitrogen and oxygen atoms in total. The average Bonchev–Trinajstić information content (AvgIpc) is 2.08. The second kappa shape index (κ2) is 4.63. The fraction of sp³-hybridized carbons (Fsp3) is 0.400. The van der Waals surface area contributed by atoms with Gasteiger partial charge in [-0.2, -0.15) is 0 Å². The van der Waals surface area contributed by atoms with Gasteiger partial charge in [0.15, 0.2) is 0 Å². The van der Waals surface area contributed by atoms with E-state index in [1.807, 2.05) is 6.92 Å². The molecule has 0 aliphatic carbocycles. The summed E-state index contributed by atoms with van der Waals surface area (Å²) in [5.41, 5.74) is 0.623. The Bertz CT molecular complexity index is 286. The van der Waals surface area contributed by atoms with Crippen LogP contribution in [0.2, 0.25) is 0 Å². The molecular formula is C10H13FOS. The summed E-state index contributed by atoms with van der Waals surface area (Å²) < 4.78 is 13.3. The largest absolute Gasteiger partial charge is 0.389 e. The van der Waals surface area contributed by atoms with Crippen molar-refractivity contribution in [2.24, 2.45) is 0 Å². The highest BCUT2D eigenvalue weighted by Crippen LogP contribution is 2.24. The first-order valence-corrected chi connectivity index (χ1v) is 5.24. The van der Waals surface area contributed by atoms with Crippen LogP contribution >= 0.6 is 11.8 Å². The van der Waals surface area contributed by atoms with E-state index >= 15 is 0 Å². The zero-order chi connectivity index (χ0) is 9.84. The molecule has 0 bridgehead atoms. The molecule has 0 amide bonds. The number of benzene rings is 1. The molecule has 1 rings (SSSR count). The molecule has 0 saturated heterocycles. The third-order valence-electron chi connectivity index (χ3n) is 1.74. The van der Waals surface area contributed by atoms with Crippen LogP contribution in [0.3, 0.4) is 0 Å². The van der Waals surface area contributed by atoms with Crippen LogP contribution in [0, 0.1) is 5.82 Å². The highest BCUT2D eigenvalue weighted by atomic mass is 32.2. The second-order valence-electron chi connectivity index (χ2n) is 2.80. The Hall–Kier alpha value is -0.540. The van der Waals surface area contributed by atoms with Gasteiger partial charge in [0, 0.05) is 4.90 Å². The van der Waals surface area contributed by atoms with Crippen molar-refractivity contribution < 1.29 is 9.50 Å². The second-order valence-corrected chi connectivity index (χ2v) is 4.10. The van der Waals surface area contributed by atoms with Gasteiger partial charge in [0.05, 0.1) is 6.10 Å². The molecule has 0 saturated carbocycles. The molecule has 3 heteroatoms. The third-order valence-corrected chi connectivity index (χ3v) is 2.67. The smallest absolute Gasteiger partial charge is 0.137 e. The maximum absolute atomic E-state index is 13.3. The maximum atomic E-state index is 13.3. The summed E-state index contributed by atoms with van der Waals surface area (Å²) in [7, 11) is 0. The average molecular weight is 200 g/mol. The molecule has 0 heterocycles. The minimum absolute atomic E-state index is 0.245. The number of halogens is 1. The van der Waals surface area contributed by atoms with E-state index in [1.165, 1.54) is 17.8 Å². The van der Waals surface area contributed by atoms with Crippen molar-refractivity contribution in [1.82, 2.24) is 0 Å². The Morgan fingerprint density at radius 3 is 2.69 bits per heavy atom. The Balaban J connectivity index is 2.92. The minimum atomic E-state index is -0.602. The van der Waals surface area contributed by atoms with Gasteiger partial charge in [0.1, 0.15) is 5.82 Å². The van der Waals surface area contributed by atoms with Crippen LogP contribution in [0.5, 0.6) is 0 Å². The van der Waals surface area contributed by atoms with Crippen LogP contribution in [-0.4, -0.2) is 10.9 Å². The molecule has 1 N–H and O–H groups in total. The molecule has 72 valence electrons. The van der Waals surface area contributed by atoms with E-state index in [1.54, 1.807) is 19.1 Å². The van der Waals surface area contributed by atoms with Gasteiger partial charge in [-0.1, -0.05) is 13.0 Å². The molecule has 0 aliphatic heterocycles. The predicted octanol–water partition coefficient (Wildman–Crippen LogP) is 2.99. The zero-order valence-electron chi connectivity index (χ0n) is 7.75. The van der Waals surface area contributed by atoms with Crippen molar-refractivity contribution in [3.63, 3.8) is 0 Å². The molecule has 0 radical (unpaired) electrons. The maximum Gasteiger partial charge on any atom is 0.137 e. The number of thioether (sulfide) groups is 1. The number of hydrogen-bond acceptors (Lipinski definition) is 2. The first-order valence-electron chi connectivity index (χ1n) is 4.25. The van der Waals surface area contributed by atoms with Crippen molar-refractivity contribution in [2.45, 2.75) is 24.8 Å². The van der Waals surface area contributed by atoms with Gasteiger partial charge in [0.25, 0.3) is 0 Å². The lowest BCUT2D eigenvalue weighted by atomic mass is 10.1. The summed E-state index contributed by atoms with van der Waals surface area (Å²) in [5, 5.41) is 9.20. The summed E-state index contributed by atoms with van der Waals surface area (Å²) >= 11 is 1.47. The van der Waals surface area contributed by atoms with E-state index in [9.17, 15) is 9.50 Å². The van der Waals surface area contributed by atoms with Crippen LogP contribution in [0.1, 0.15) is 25.5 Å². The molecule has 0 fully saturated rings. The third kappa shape index (κ3) is 2.71. The zero-order valence-corrected chi connectivity index (χ0v) is 8.57. The van der Waals surface area contributed by atoms with Crippen LogP contribution in [0.25, 0.3) is 0 Å². The minimum Gasteiger partial charge on any atom is -0.389 e. The monoisotopic (exact) mass is 200 g/mol. The van der Waals surface area contributed by atoms with E-state index in [4.69, 9.17) is 0 Å². The highest BCUT2D eigenvalue weighted by Gasteiger charge is 2.06. The molecule has 1 aromatic rings. The lowest BCUT2D eigenvalue weighted by Crippen LogP contribution is -1.92. The van der Waals surface area contributed by atoms with Crippen molar-refractivity contribution in [3.05, 3.63) is 29.6 Å². The molecule has 0 spiro atoms. The van der Waals surface area contributed by atoms with Crippen LogP contribution in [-0.2, 0) is 0 Å². The summed E-state index contributed by atoms with van der Waals surface area (Å²) in [5.74, 6) is 0.607. The van der Waals surface area contributed by atoms with Gasteiger partial charge in [-0.3, -0.25) is 0 Å². The van der Waals surface area contributed by atoms with Gasteiger partial charge >= 0.3 is 0 Å². The van der Waals surface area contributed by atoms with Gasteiger partial charge in [-0.15, -0.1) is 11.8 Å². The van der Waals surface area contributed by atoms with Gasteiger partial charge in [0.2, 0.25) is 0 Å². The topological polar surface area (TPSA) is 20.2 Å². The Labute approximate surface area is 82.0 Å². The van der Waals surface area contributed by atoms with Crippen molar-refractivity contribution in [3.8, 4) is 0 Å².